The lowest BCUT2D eigenvalue weighted by Gasteiger charge is -2.42. The van der Waals surface area contributed by atoms with Crippen LogP contribution >= 0.6 is 23.2 Å². The largest absolute Gasteiger partial charge is 0.368 e. The highest BCUT2D eigenvalue weighted by Gasteiger charge is 2.40. The van der Waals surface area contributed by atoms with Gasteiger partial charge >= 0.3 is 6.03 Å². The predicted molar refractivity (Wildman–Crippen MR) is 95.4 cm³/mol. The lowest BCUT2D eigenvalue weighted by atomic mass is 9.86. The van der Waals surface area contributed by atoms with E-state index in [-0.39, 0.29) is 6.03 Å². The van der Waals surface area contributed by atoms with Crippen molar-refractivity contribution in [1.29, 1.82) is 0 Å². The molecule has 0 radical (unpaired) electrons. The van der Waals surface area contributed by atoms with Crippen LogP contribution < -0.4 is 10.6 Å². The molecule has 126 valence electrons. The van der Waals surface area contributed by atoms with Gasteiger partial charge in [-0.2, -0.15) is 0 Å². The molecule has 2 aromatic rings. The van der Waals surface area contributed by atoms with E-state index >= 15 is 0 Å². The first-order valence-electron chi connectivity index (χ1n) is 7.74. The van der Waals surface area contributed by atoms with Crippen molar-refractivity contribution >= 4 is 29.2 Å². The van der Waals surface area contributed by atoms with Crippen LogP contribution in [0.1, 0.15) is 17.5 Å². The van der Waals surface area contributed by atoms with Gasteiger partial charge in [-0.1, -0.05) is 47.5 Å². The van der Waals surface area contributed by atoms with Gasteiger partial charge in [0.2, 0.25) is 0 Å². The molecule has 3 rings (SSSR count). The molecule has 2 N–H and O–H groups in total. The molecule has 24 heavy (non-hydrogen) atoms. The Balaban J connectivity index is 1.55. The van der Waals surface area contributed by atoms with E-state index in [4.69, 9.17) is 27.9 Å². The van der Waals surface area contributed by atoms with E-state index in [0.29, 0.717) is 29.7 Å². The molecule has 0 aliphatic carbocycles. The molecule has 1 fully saturated rings. The fraction of sp³-hybridized carbons (Fsp3) is 0.278. The Hall–Kier alpha value is -1.75. The number of urea groups is 1. The van der Waals surface area contributed by atoms with Crippen LogP contribution in [0, 0.1) is 0 Å². The van der Waals surface area contributed by atoms with Crippen LogP contribution in [0.4, 0.5) is 4.79 Å². The second-order valence-electron chi connectivity index (χ2n) is 5.77. The van der Waals surface area contributed by atoms with Crippen LogP contribution in [0.2, 0.25) is 10.0 Å². The van der Waals surface area contributed by atoms with Gasteiger partial charge in [-0.15, -0.1) is 0 Å². The van der Waals surface area contributed by atoms with E-state index in [1.54, 1.807) is 6.07 Å². The zero-order chi connectivity index (χ0) is 17.0. The van der Waals surface area contributed by atoms with Crippen molar-refractivity contribution in [2.75, 3.05) is 13.2 Å². The normalized spacial score (nSPS) is 19.4. The molecule has 0 bridgehead atoms. The van der Waals surface area contributed by atoms with E-state index in [1.165, 1.54) is 0 Å². The van der Waals surface area contributed by atoms with Gasteiger partial charge in [-0.05, 0) is 35.4 Å². The van der Waals surface area contributed by atoms with Gasteiger partial charge in [0.25, 0.3) is 0 Å². The van der Waals surface area contributed by atoms with E-state index in [9.17, 15) is 4.79 Å². The SMILES string of the molecule is O=C(NCc1cccc(Cl)c1)NCC1(c2cccc(Cl)c2)CCO1. The molecular weight excluding hydrogens is 347 g/mol. The molecule has 1 saturated heterocycles. The topological polar surface area (TPSA) is 50.4 Å². The molecule has 6 heteroatoms. The number of hydrogen-bond acceptors (Lipinski definition) is 2. The third-order valence-corrected chi connectivity index (χ3v) is 4.58. The van der Waals surface area contributed by atoms with Gasteiger partial charge in [-0.25, -0.2) is 4.79 Å². The Bertz CT molecular complexity index is 732. The summed E-state index contributed by atoms with van der Waals surface area (Å²) in [4.78, 5) is 12.0. The summed E-state index contributed by atoms with van der Waals surface area (Å²) in [7, 11) is 0. The second-order valence-corrected chi connectivity index (χ2v) is 6.64. The van der Waals surface area contributed by atoms with Crippen LogP contribution in [0.3, 0.4) is 0 Å². The fourth-order valence-corrected chi connectivity index (χ4v) is 3.11. The zero-order valence-electron chi connectivity index (χ0n) is 13.0. The van der Waals surface area contributed by atoms with Gasteiger partial charge < -0.3 is 15.4 Å². The molecule has 0 spiro atoms. The Morgan fingerprint density at radius 1 is 1.08 bits per heavy atom. The Morgan fingerprint density at radius 3 is 2.42 bits per heavy atom. The van der Waals surface area contributed by atoms with Crippen LogP contribution in [-0.2, 0) is 16.9 Å². The summed E-state index contributed by atoms with van der Waals surface area (Å²) < 4.78 is 5.77. The molecule has 0 saturated carbocycles. The molecular formula is C18H18Cl2N2O2. The minimum absolute atomic E-state index is 0.244. The summed E-state index contributed by atoms with van der Waals surface area (Å²) in [6.45, 7) is 1.49. The molecule has 1 aliphatic rings. The maximum absolute atomic E-state index is 12.0. The first-order chi connectivity index (χ1) is 11.6. The average Bonchev–Trinajstić information content (AvgIpc) is 2.52. The Kier molecular flexibility index (Phi) is 5.29. The number of rotatable bonds is 5. The second kappa shape index (κ2) is 7.43. The van der Waals surface area contributed by atoms with Gasteiger partial charge in [0.05, 0.1) is 13.2 Å². The molecule has 1 atom stereocenters. The summed E-state index contributed by atoms with van der Waals surface area (Å²) in [5.74, 6) is 0. The minimum Gasteiger partial charge on any atom is -0.368 e. The number of amides is 2. The highest BCUT2D eigenvalue weighted by molar-refractivity contribution is 6.30. The number of ether oxygens (including phenoxy) is 1. The number of hydrogen-bond donors (Lipinski definition) is 2. The Morgan fingerprint density at radius 2 is 1.79 bits per heavy atom. The summed E-state index contributed by atoms with van der Waals surface area (Å²) in [6.07, 6.45) is 0.849. The maximum atomic E-state index is 12.0. The monoisotopic (exact) mass is 364 g/mol. The third-order valence-electron chi connectivity index (χ3n) is 4.11. The fourth-order valence-electron chi connectivity index (χ4n) is 2.70. The van der Waals surface area contributed by atoms with Crippen LogP contribution in [0.5, 0.6) is 0 Å². The third kappa shape index (κ3) is 4.01. The molecule has 1 heterocycles. The van der Waals surface area contributed by atoms with Gasteiger partial charge in [0.15, 0.2) is 0 Å². The van der Waals surface area contributed by atoms with Crippen molar-refractivity contribution in [1.82, 2.24) is 10.6 Å². The summed E-state index contributed by atoms with van der Waals surface area (Å²) >= 11 is 12.0. The number of benzene rings is 2. The zero-order valence-corrected chi connectivity index (χ0v) is 14.5. The molecule has 2 aromatic carbocycles. The molecule has 4 nitrogen and oxygen atoms in total. The van der Waals surface area contributed by atoms with Crippen LogP contribution in [-0.4, -0.2) is 19.2 Å². The lowest BCUT2D eigenvalue weighted by molar-refractivity contribution is -0.149. The van der Waals surface area contributed by atoms with Crippen molar-refractivity contribution in [3.05, 3.63) is 69.7 Å². The summed E-state index contributed by atoms with van der Waals surface area (Å²) in [5, 5.41) is 7.01. The lowest BCUT2D eigenvalue weighted by Crippen LogP contribution is -2.51. The van der Waals surface area contributed by atoms with E-state index in [2.05, 4.69) is 10.6 Å². The van der Waals surface area contributed by atoms with Gasteiger partial charge in [-0.3, -0.25) is 0 Å². The van der Waals surface area contributed by atoms with Crippen LogP contribution in [0.15, 0.2) is 48.5 Å². The first-order valence-corrected chi connectivity index (χ1v) is 8.49. The van der Waals surface area contributed by atoms with E-state index in [0.717, 1.165) is 17.5 Å². The van der Waals surface area contributed by atoms with Crippen molar-refractivity contribution in [2.24, 2.45) is 0 Å². The predicted octanol–water partition coefficient (Wildman–Crippen LogP) is 4.11. The van der Waals surface area contributed by atoms with E-state index < -0.39 is 5.60 Å². The standard InChI is InChI=1S/C18H18Cl2N2O2/c19-15-5-1-3-13(9-15)11-21-17(23)22-12-18(7-8-24-18)14-4-2-6-16(20)10-14/h1-6,9-10H,7-8,11-12H2,(H2,21,22,23). The smallest absolute Gasteiger partial charge is 0.315 e. The number of halogens is 2. The summed E-state index contributed by atoms with van der Waals surface area (Å²) in [5.41, 5.74) is 1.44. The quantitative estimate of drug-likeness (QED) is 0.838. The van der Waals surface area contributed by atoms with Crippen molar-refractivity contribution in [3.63, 3.8) is 0 Å². The maximum Gasteiger partial charge on any atom is 0.315 e. The highest BCUT2D eigenvalue weighted by Crippen LogP contribution is 2.37. The minimum atomic E-state index is -0.488. The number of carbonyl (C=O) groups is 1. The van der Waals surface area contributed by atoms with E-state index in [1.807, 2.05) is 42.5 Å². The van der Waals surface area contributed by atoms with Gasteiger partial charge in [0.1, 0.15) is 5.60 Å². The Labute approximate surface area is 151 Å². The van der Waals surface area contributed by atoms with Crippen molar-refractivity contribution in [2.45, 2.75) is 18.6 Å². The molecule has 0 aromatic heterocycles. The first kappa shape index (κ1) is 17.1. The molecule has 1 unspecified atom stereocenters. The van der Waals surface area contributed by atoms with Crippen LogP contribution in [0.25, 0.3) is 0 Å². The van der Waals surface area contributed by atoms with Crippen molar-refractivity contribution < 1.29 is 9.53 Å². The molecule has 2 amide bonds. The summed E-state index contributed by atoms with van der Waals surface area (Å²) in [6, 6.07) is 14.7. The number of nitrogens with one attached hydrogen (secondary N) is 2. The number of carbonyl (C=O) groups excluding carboxylic acids is 1. The van der Waals surface area contributed by atoms with Crippen molar-refractivity contribution in [3.8, 4) is 0 Å². The van der Waals surface area contributed by atoms with Gasteiger partial charge in [0, 0.05) is 23.0 Å². The average molecular weight is 365 g/mol. The highest BCUT2D eigenvalue weighted by atomic mass is 35.5. The molecule has 1 aliphatic heterocycles.